The summed E-state index contributed by atoms with van der Waals surface area (Å²) in [4.78, 5) is 11.7. The first-order chi connectivity index (χ1) is 17.4. The van der Waals surface area contributed by atoms with Crippen LogP contribution in [-0.2, 0) is 5.41 Å². The van der Waals surface area contributed by atoms with E-state index in [2.05, 4.69) is 61.0 Å². The molecule has 2 heterocycles. The maximum atomic E-state index is 10.6. The second-order valence-electron chi connectivity index (χ2n) is 9.80. The van der Waals surface area contributed by atoms with Crippen molar-refractivity contribution in [1.29, 1.82) is 0 Å². The Kier molecular flexibility index (Phi) is 6.26. The number of aromatic nitrogens is 2. The van der Waals surface area contributed by atoms with Gasteiger partial charge >= 0.3 is 0 Å². The number of phenols is 1. The van der Waals surface area contributed by atoms with Crippen molar-refractivity contribution in [3.8, 4) is 28.3 Å². The van der Waals surface area contributed by atoms with Gasteiger partial charge in [-0.25, -0.2) is 9.97 Å². The zero-order valence-corrected chi connectivity index (χ0v) is 20.8. The Bertz CT molecular complexity index is 1440. The van der Waals surface area contributed by atoms with Gasteiger partial charge in [0.05, 0.1) is 11.4 Å². The average molecular weight is 472 g/mol. The van der Waals surface area contributed by atoms with Gasteiger partial charge < -0.3 is 5.11 Å². The van der Waals surface area contributed by atoms with E-state index in [0.717, 1.165) is 45.3 Å². The van der Waals surface area contributed by atoms with Gasteiger partial charge in [0, 0.05) is 28.7 Å². The fourth-order valence-corrected chi connectivity index (χ4v) is 4.23. The highest BCUT2D eigenvalue weighted by Gasteiger charge is 2.18. The molecule has 178 valence electrons. The zero-order chi connectivity index (χ0) is 25.1. The lowest BCUT2D eigenvalue weighted by atomic mass is 9.85. The second-order valence-corrected chi connectivity index (χ2v) is 9.80. The van der Waals surface area contributed by atoms with Crippen LogP contribution in [0.2, 0.25) is 0 Å². The molecule has 0 saturated carbocycles. The predicted molar refractivity (Wildman–Crippen MR) is 148 cm³/mol. The highest BCUT2D eigenvalue weighted by molar-refractivity contribution is 5.78. The Morgan fingerprint density at radius 2 is 1.39 bits per heavy atom. The summed E-state index contributed by atoms with van der Waals surface area (Å²) in [7, 11) is 0. The van der Waals surface area contributed by atoms with Gasteiger partial charge in [-0.05, 0) is 71.6 Å². The maximum Gasteiger partial charge on any atom is 0.137 e. The Balaban J connectivity index is 1.57. The summed E-state index contributed by atoms with van der Waals surface area (Å²) in [5, 5.41) is 10.6. The van der Waals surface area contributed by atoms with Crippen LogP contribution in [-0.4, -0.2) is 15.1 Å². The summed E-state index contributed by atoms with van der Waals surface area (Å²) >= 11 is 0. The molecule has 0 atom stereocenters. The maximum absolute atomic E-state index is 10.6. The Morgan fingerprint density at radius 3 is 2.14 bits per heavy atom. The van der Waals surface area contributed by atoms with E-state index in [1.165, 1.54) is 0 Å². The summed E-state index contributed by atoms with van der Waals surface area (Å²) in [6.45, 7) is 6.50. The highest BCUT2D eigenvalue weighted by Crippen LogP contribution is 2.37. The van der Waals surface area contributed by atoms with Gasteiger partial charge in [-0.3, -0.25) is 4.90 Å². The van der Waals surface area contributed by atoms with Crippen LogP contribution in [0.3, 0.4) is 0 Å². The van der Waals surface area contributed by atoms with E-state index in [-0.39, 0.29) is 11.2 Å². The number of hydrogen-bond acceptors (Lipinski definition) is 4. The molecule has 0 aliphatic carbocycles. The molecule has 5 rings (SSSR count). The molecule has 0 radical (unpaired) electrons. The third-order valence-electron chi connectivity index (χ3n) is 6.18. The van der Waals surface area contributed by atoms with Gasteiger partial charge in [0.2, 0.25) is 0 Å². The minimum Gasteiger partial charge on any atom is -0.507 e. The molecule has 4 heteroatoms. The zero-order valence-electron chi connectivity index (χ0n) is 20.8. The number of phenolic OH excluding ortho intramolecular Hbond substituents is 1. The molecule has 36 heavy (non-hydrogen) atoms. The molecule has 0 bridgehead atoms. The number of anilines is 3. The molecule has 0 fully saturated rings. The van der Waals surface area contributed by atoms with Crippen LogP contribution < -0.4 is 4.90 Å². The van der Waals surface area contributed by atoms with Gasteiger partial charge in [0.15, 0.2) is 0 Å². The largest absolute Gasteiger partial charge is 0.507 e. The van der Waals surface area contributed by atoms with Crippen LogP contribution in [0.1, 0.15) is 26.3 Å². The fraction of sp³-hybridized carbons (Fsp3) is 0.125. The summed E-state index contributed by atoms with van der Waals surface area (Å²) < 4.78 is 0. The Labute approximate surface area is 212 Å². The van der Waals surface area contributed by atoms with Crippen molar-refractivity contribution in [2.75, 3.05) is 4.90 Å². The number of hydrogen-bond donors (Lipinski definition) is 1. The third-order valence-corrected chi connectivity index (χ3v) is 6.18. The van der Waals surface area contributed by atoms with Crippen LogP contribution in [0.5, 0.6) is 5.75 Å². The Hall–Kier alpha value is -4.44. The van der Waals surface area contributed by atoms with Crippen molar-refractivity contribution in [3.63, 3.8) is 0 Å². The molecule has 0 aliphatic rings. The molecule has 1 N–H and O–H groups in total. The van der Waals surface area contributed by atoms with Crippen molar-refractivity contribution in [2.45, 2.75) is 26.2 Å². The molecule has 0 saturated heterocycles. The monoisotopic (exact) mass is 471 g/mol. The topological polar surface area (TPSA) is 49.2 Å². The van der Waals surface area contributed by atoms with E-state index in [4.69, 9.17) is 4.98 Å². The van der Waals surface area contributed by atoms with E-state index in [1.54, 1.807) is 12.3 Å². The lowest BCUT2D eigenvalue weighted by Gasteiger charge is -2.24. The molecule has 2 aromatic heterocycles. The van der Waals surface area contributed by atoms with Crippen LogP contribution >= 0.6 is 0 Å². The molecular weight excluding hydrogens is 442 g/mol. The standard InChI is InChI=1S/C32H29N3O/c1-32(2,3)24-18-19-30(36)27(22-24)29-16-10-15-28(34-29)23-11-9-14-26(21-23)35(25-12-5-4-6-13-25)31-17-7-8-20-33-31/h4-22,36H,1-3H3. The van der Waals surface area contributed by atoms with E-state index in [0.29, 0.717) is 0 Å². The number of pyridine rings is 2. The number of benzene rings is 3. The van der Waals surface area contributed by atoms with Crippen LogP contribution in [0.25, 0.3) is 22.5 Å². The van der Waals surface area contributed by atoms with Gasteiger partial charge in [-0.2, -0.15) is 0 Å². The van der Waals surface area contributed by atoms with E-state index >= 15 is 0 Å². The lowest BCUT2D eigenvalue weighted by Crippen LogP contribution is -2.11. The molecule has 0 amide bonds. The SMILES string of the molecule is CC(C)(C)c1ccc(O)c(-c2cccc(-c3cccc(N(c4ccccc4)c4ccccn4)c3)n2)c1. The number of rotatable bonds is 5. The van der Waals surface area contributed by atoms with Crippen molar-refractivity contribution in [3.05, 3.63) is 121 Å². The van der Waals surface area contributed by atoms with Crippen molar-refractivity contribution in [2.24, 2.45) is 0 Å². The number of nitrogens with zero attached hydrogens (tertiary/aromatic N) is 3. The van der Waals surface area contributed by atoms with Crippen molar-refractivity contribution >= 4 is 17.2 Å². The van der Waals surface area contributed by atoms with Crippen LogP contribution in [0, 0.1) is 0 Å². The molecule has 3 aromatic carbocycles. The highest BCUT2D eigenvalue weighted by atomic mass is 16.3. The minimum absolute atomic E-state index is 0.0270. The molecule has 5 aromatic rings. The van der Waals surface area contributed by atoms with Crippen LogP contribution in [0.4, 0.5) is 17.2 Å². The second kappa shape index (κ2) is 9.67. The smallest absolute Gasteiger partial charge is 0.137 e. The van der Waals surface area contributed by atoms with Gasteiger partial charge in [-0.15, -0.1) is 0 Å². The minimum atomic E-state index is -0.0270. The molecule has 0 spiro atoms. The molecular formula is C32H29N3O. The first-order valence-corrected chi connectivity index (χ1v) is 12.1. The van der Waals surface area contributed by atoms with Crippen LogP contribution in [0.15, 0.2) is 115 Å². The van der Waals surface area contributed by atoms with E-state index in [1.807, 2.05) is 72.8 Å². The van der Waals surface area contributed by atoms with Crippen molar-refractivity contribution in [1.82, 2.24) is 9.97 Å². The summed E-state index contributed by atoms with van der Waals surface area (Å²) in [5.74, 6) is 1.07. The quantitative estimate of drug-likeness (QED) is 0.280. The number of aromatic hydroxyl groups is 1. The first-order valence-electron chi connectivity index (χ1n) is 12.1. The number of para-hydroxylation sites is 1. The summed E-state index contributed by atoms with van der Waals surface area (Å²) in [5.41, 5.74) is 6.44. The third kappa shape index (κ3) is 4.84. The van der Waals surface area contributed by atoms with Gasteiger partial charge in [0.1, 0.15) is 11.6 Å². The molecule has 0 aliphatic heterocycles. The first kappa shape index (κ1) is 23.3. The van der Waals surface area contributed by atoms with Gasteiger partial charge in [0.25, 0.3) is 0 Å². The fourth-order valence-electron chi connectivity index (χ4n) is 4.23. The average Bonchev–Trinajstić information content (AvgIpc) is 2.90. The normalized spacial score (nSPS) is 11.3. The summed E-state index contributed by atoms with van der Waals surface area (Å²) in [6, 6.07) is 36.1. The predicted octanol–water partition coefficient (Wildman–Crippen LogP) is 8.28. The Morgan fingerprint density at radius 1 is 0.667 bits per heavy atom. The molecule has 4 nitrogen and oxygen atoms in total. The van der Waals surface area contributed by atoms with Crippen molar-refractivity contribution < 1.29 is 5.11 Å². The van der Waals surface area contributed by atoms with E-state index < -0.39 is 0 Å². The lowest BCUT2D eigenvalue weighted by molar-refractivity contribution is 0.476. The summed E-state index contributed by atoms with van der Waals surface area (Å²) in [6.07, 6.45) is 1.80. The van der Waals surface area contributed by atoms with Gasteiger partial charge in [-0.1, -0.05) is 69.3 Å². The van der Waals surface area contributed by atoms with E-state index in [9.17, 15) is 5.11 Å². The molecule has 0 unspecified atom stereocenters.